The van der Waals surface area contributed by atoms with Gasteiger partial charge in [0.05, 0.1) is 17.1 Å². The monoisotopic (exact) mass is 1400 g/mol. The highest BCUT2D eigenvalue weighted by molar-refractivity contribution is 7.20. The molecule has 0 saturated heterocycles. The summed E-state index contributed by atoms with van der Waals surface area (Å²) in [6.45, 7) is 0. The first-order valence-electron chi connectivity index (χ1n) is 36.3. The van der Waals surface area contributed by atoms with Crippen molar-refractivity contribution in [1.29, 1.82) is 0 Å². The molecule has 0 saturated carbocycles. The number of nitrogens with zero attached hydrogens (tertiary/aromatic N) is 1. The molecule has 18 aromatic carbocycles. The first kappa shape index (κ1) is 61.8. The van der Waals surface area contributed by atoms with Crippen molar-refractivity contribution in [3.05, 3.63) is 377 Å². The van der Waals surface area contributed by atoms with Gasteiger partial charge in [-0.15, -0.1) is 34.0 Å². The summed E-state index contributed by atoms with van der Waals surface area (Å²) in [6, 6.07) is 129. The lowest BCUT2D eigenvalue weighted by Gasteiger charge is -2.31. The third-order valence-corrected chi connectivity index (χ3v) is 25.0. The minimum Gasteiger partial charge on any atom is -0.309 e. The van der Waals surface area contributed by atoms with Crippen molar-refractivity contribution < 1.29 is 0 Å². The molecule has 0 fully saturated rings. The van der Waals surface area contributed by atoms with Gasteiger partial charge in [-0.1, -0.05) is 309 Å². The van der Waals surface area contributed by atoms with Gasteiger partial charge in [0, 0.05) is 44.9 Å². The Hall–Kier alpha value is -12.8. The molecule has 0 unspecified atom stereocenters. The summed E-state index contributed by atoms with van der Waals surface area (Å²) in [5.41, 5.74) is 14.2. The molecule has 0 radical (unpaired) electrons. The van der Waals surface area contributed by atoms with Gasteiger partial charge in [0.2, 0.25) is 0 Å². The van der Waals surface area contributed by atoms with Crippen LogP contribution in [0.25, 0.3) is 197 Å². The molecular formula is C102H63NS3. The van der Waals surface area contributed by atoms with Crippen molar-refractivity contribution in [3.63, 3.8) is 0 Å². The Labute approximate surface area is 625 Å². The van der Waals surface area contributed by atoms with Crippen LogP contribution in [-0.2, 0) is 0 Å². The van der Waals surface area contributed by atoms with E-state index in [1.165, 1.54) is 176 Å². The summed E-state index contributed by atoms with van der Waals surface area (Å²) in [5.74, 6) is 0. The second-order valence-corrected chi connectivity index (χ2v) is 30.9. The zero-order chi connectivity index (χ0) is 69.8. The summed E-state index contributed by atoms with van der Waals surface area (Å²) in [4.78, 5) is 6.31. The van der Waals surface area contributed by atoms with Gasteiger partial charge in [0.15, 0.2) is 0 Å². The maximum absolute atomic E-state index is 2.60. The molecule has 0 bridgehead atoms. The van der Waals surface area contributed by atoms with Crippen LogP contribution in [-0.4, -0.2) is 0 Å². The third-order valence-electron chi connectivity index (χ3n) is 21.7. The highest BCUT2D eigenvalue weighted by Crippen LogP contribution is 2.53. The molecule has 1 nitrogen and oxygen atoms in total. The van der Waals surface area contributed by atoms with Gasteiger partial charge in [0.25, 0.3) is 0 Å². The highest BCUT2D eigenvalue weighted by Gasteiger charge is 2.27. The van der Waals surface area contributed by atoms with E-state index in [0.717, 1.165) is 33.2 Å². The Morgan fingerprint density at radius 3 is 0.632 bits per heavy atom. The third kappa shape index (κ3) is 10.2. The van der Waals surface area contributed by atoms with Gasteiger partial charge in [-0.3, -0.25) is 0 Å². The van der Waals surface area contributed by atoms with Crippen molar-refractivity contribution in [2.75, 3.05) is 4.90 Å². The summed E-state index contributed by atoms with van der Waals surface area (Å²) in [5, 5.41) is 25.4. The zero-order valence-corrected chi connectivity index (χ0v) is 60.0. The van der Waals surface area contributed by atoms with E-state index in [2.05, 4.69) is 387 Å². The van der Waals surface area contributed by atoms with Crippen molar-refractivity contribution in [2.45, 2.75) is 0 Å². The zero-order valence-electron chi connectivity index (χ0n) is 57.5. The molecule has 0 atom stereocenters. The fraction of sp³-hybridized carbons (Fsp3) is 0. The summed E-state index contributed by atoms with van der Waals surface area (Å²) in [6.07, 6.45) is 14.0. The number of fused-ring (bicyclic) bond motifs is 12. The standard InChI is InChI=1S/C102H63NS3/c1-22-46-97-64(25-1)61-67(104-97)49-52-79-70-28-7-16-40-85(70)100(86-41-17-8-29-71(79)86)91-55-58-94(82-37-13-4-34-76(82)91)103(95-59-56-92(77-35-5-14-38-83(77)95)101-87-42-18-9-30-72(87)80(73-31-10-19-43-88(73)101)53-50-68-62-65-26-2-23-47-98(65)105-68)96-60-57-93(78-36-6-15-39-84(78)96)102-89-44-20-11-32-74(89)81(75-33-12-21-45-90(75)102)54-51-69-63-66-27-3-24-48-99(66)106-69/h1-63H/b52-49+,53-50+,54-51+. The molecule has 3 heterocycles. The second-order valence-electron chi connectivity index (χ2n) is 27.6. The Balaban J connectivity index is 0.789. The number of anilines is 3. The first-order chi connectivity index (χ1) is 52.6. The van der Waals surface area contributed by atoms with Crippen molar-refractivity contribution in [3.8, 4) is 33.4 Å². The van der Waals surface area contributed by atoms with Crippen LogP contribution in [0.1, 0.15) is 31.3 Å². The van der Waals surface area contributed by atoms with Crippen molar-refractivity contribution in [2.24, 2.45) is 0 Å². The number of rotatable bonds is 12. The van der Waals surface area contributed by atoms with Crippen LogP contribution in [0.3, 0.4) is 0 Å². The lowest BCUT2D eigenvalue weighted by atomic mass is 9.85. The van der Waals surface area contributed by atoms with E-state index < -0.39 is 0 Å². The van der Waals surface area contributed by atoms with E-state index in [1.807, 2.05) is 34.0 Å². The quantitative estimate of drug-likeness (QED) is 0.110. The summed E-state index contributed by atoms with van der Waals surface area (Å²) in [7, 11) is 0. The van der Waals surface area contributed by atoms with Gasteiger partial charge < -0.3 is 4.90 Å². The van der Waals surface area contributed by atoms with E-state index in [-0.39, 0.29) is 0 Å². The van der Waals surface area contributed by atoms with Gasteiger partial charge in [-0.05, 0) is 220 Å². The van der Waals surface area contributed by atoms with E-state index in [0.29, 0.717) is 0 Å². The average Bonchev–Trinajstić information content (AvgIpc) is 0.816. The Bertz CT molecular complexity index is 6330. The number of thiophene rings is 3. The number of hydrogen-bond acceptors (Lipinski definition) is 4. The maximum Gasteiger partial charge on any atom is 0.0540 e. The summed E-state index contributed by atoms with van der Waals surface area (Å²) >= 11 is 5.52. The molecule has 494 valence electrons. The molecule has 4 heteroatoms. The van der Waals surface area contributed by atoms with Gasteiger partial charge in [-0.25, -0.2) is 0 Å². The van der Waals surface area contributed by atoms with Crippen molar-refractivity contribution in [1.82, 2.24) is 0 Å². The predicted octanol–water partition coefficient (Wildman–Crippen LogP) is 30.7. The summed E-state index contributed by atoms with van der Waals surface area (Å²) < 4.78 is 3.89. The van der Waals surface area contributed by atoms with Crippen LogP contribution in [0.2, 0.25) is 0 Å². The lowest BCUT2D eigenvalue weighted by Crippen LogP contribution is -2.12. The fourth-order valence-corrected chi connectivity index (χ4v) is 20.0. The SMILES string of the molecule is C(=C\c1c2ccccc2c(-c2ccc(N(c3ccc(-c4c5ccccc5c(/C=C/c5cc6ccccc6s5)c5ccccc45)c4ccccc34)c3ccc(-c4c5ccccc5c(/C=C/c5cc6ccccc6s5)c5ccccc45)c4ccccc34)c3ccccc23)c2ccccc12)/c1cc2ccccc2s1. The predicted molar refractivity (Wildman–Crippen MR) is 467 cm³/mol. The van der Waals surface area contributed by atoms with Gasteiger partial charge in [0.1, 0.15) is 0 Å². The van der Waals surface area contributed by atoms with E-state index in [4.69, 9.17) is 0 Å². The van der Waals surface area contributed by atoms with Crippen LogP contribution in [0.15, 0.2) is 346 Å². The largest absolute Gasteiger partial charge is 0.309 e. The molecule has 0 N–H and O–H groups in total. The van der Waals surface area contributed by atoms with Crippen LogP contribution >= 0.6 is 34.0 Å². The molecule has 106 heavy (non-hydrogen) atoms. The molecule has 21 rings (SSSR count). The average molecular weight is 1400 g/mol. The molecule has 21 aromatic rings. The molecule has 0 aliphatic carbocycles. The van der Waals surface area contributed by atoms with Gasteiger partial charge in [-0.2, -0.15) is 0 Å². The van der Waals surface area contributed by atoms with E-state index in [9.17, 15) is 0 Å². The topological polar surface area (TPSA) is 3.24 Å². The number of hydrogen-bond donors (Lipinski definition) is 0. The molecular weight excluding hydrogens is 1340 g/mol. The first-order valence-corrected chi connectivity index (χ1v) is 38.7. The Morgan fingerprint density at radius 1 is 0.179 bits per heavy atom. The van der Waals surface area contributed by atoms with Crippen LogP contribution in [0.4, 0.5) is 17.1 Å². The van der Waals surface area contributed by atoms with Crippen LogP contribution in [0.5, 0.6) is 0 Å². The Kier molecular flexibility index (Phi) is 14.9. The van der Waals surface area contributed by atoms with Crippen molar-refractivity contribution >= 4 is 215 Å². The number of benzene rings is 18. The normalized spacial score (nSPS) is 12.2. The van der Waals surface area contributed by atoms with E-state index in [1.54, 1.807) is 0 Å². The minimum absolute atomic E-state index is 1.09. The van der Waals surface area contributed by atoms with Crippen LogP contribution < -0.4 is 4.90 Å². The van der Waals surface area contributed by atoms with E-state index >= 15 is 0 Å². The minimum atomic E-state index is 1.09. The molecule has 0 spiro atoms. The molecule has 0 amide bonds. The highest BCUT2D eigenvalue weighted by atomic mass is 32.1. The lowest BCUT2D eigenvalue weighted by molar-refractivity contribution is 1.33. The molecule has 0 aliphatic rings. The Morgan fingerprint density at radius 2 is 0.387 bits per heavy atom. The van der Waals surface area contributed by atoms with Crippen LogP contribution in [0, 0.1) is 0 Å². The van der Waals surface area contributed by atoms with Gasteiger partial charge >= 0.3 is 0 Å². The maximum atomic E-state index is 2.60. The smallest absolute Gasteiger partial charge is 0.0540 e. The second kappa shape index (κ2) is 25.6. The molecule has 0 aliphatic heterocycles. The molecule has 3 aromatic heterocycles. The fourth-order valence-electron chi connectivity index (χ4n) is 17.1.